The van der Waals surface area contributed by atoms with Gasteiger partial charge in [-0.2, -0.15) is 0 Å². The average Bonchev–Trinajstić information content (AvgIpc) is 2.52. The molecule has 1 aliphatic heterocycles. The number of fused-ring (bicyclic) bond motifs is 1. The number of hydrogen-bond donors (Lipinski definition) is 1. The van der Waals surface area contributed by atoms with E-state index in [4.69, 9.17) is 4.74 Å². The highest BCUT2D eigenvalue weighted by atomic mass is 16.5. The van der Waals surface area contributed by atoms with Gasteiger partial charge in [0.15, 0.2) is 0 Å². The molecule has 0 fully saturated rings. The third kappa shape index (κ3) is 2.67. The largest absolute Gasteiger partial charge is 0.383 e. The van der Waals surface area contributed by atoms with Crippen LogP contribution < -0.4 is 10.2 Å². The number of nitrogens with one attached hydrogen (secondary N) is 1. The molecule has 0 aliphatic carbocycles. The fraction of sp³-hybridized carbons (Fsp3) is 0.538. The van der Waals surface area contributed by atoms with Crippen LogP contribution in [0.1, 0.15) is 13.3 Å². The van der Waals surface area contributed by atoms with E-state index in [0.29, 0.717) is 0 Å². The Labute approximate surface area is 97.4 Å². The van der Waals surface area contributed by atoms with Gasteiger partial charge in [-0.15, -0.1) is 0 Å². The fourth-order valence-electron chi connectivity index (χ4n) is 2.06. The number of nitrogens with zero attached hydrogens (tertiary/aromatic N) is 1. The van der Waals surface area contributed by atoms with E-state index >= 15 is 0 Å². The van der Waals surface area contributed by atoms with Crippen LogP contribution in [0.5, 0.6) is 0 Å². The highest BCUT2D eigenvalue weighted by Crippen LogP contribution is 2.27. The van der Waals surface area contributed by atoms with Crippen molar-refractivity contribution in [2.75, 3.05) is 43.1 Å². The predicted octanol–water partition coefficient (Wildman–Crippen LogP) is 2.35. The molecule has 0 amide bonds. The SMILES string of the molecule is CCOCCN1CCCNc2ccccc21. The minimum absolute atomic E-state index is 0.799. The monoisotopic (exact) mass is 220 g/mol. The molecule has 3 nitrogen and oxygen atoms in total. The number of para-hydroxylation sites is 2. The number of rotatable bonds is 4. The quantitative estimate of drug-likeness (QED) is 0.788. The molecule has 0 spiro atoms. The van der Waals surface area contributed by atoms with Crippen molar-refractivity contribution in [1.29, 1.82) is 0 Å². The van der Waals surface area contributed by atoms with Crippen LogP contribution in [0.3, 0.4) is 0 Å². The van der Waals surface area contributed by atoms with Gasteiger partial charge >= 0.3 is 0 Å². The molecule has 1 N–H and O–H groups in total. The molecule has 0 atom stereocenters. The molecule has 0 saturated carbocycles. The van der Waals surface area contributed by atoms with E-state index in [1.807, 2.05) is 6.92 Å². The molecule has 1 aliphatic rings. The summed E-state index contributed by atoms with van der Waals surface area (Å²) in [6.07, 6.45) is 1.18. The molecule has 16 heavy (non-hydrogen) atoms. The summed E-state index contributed by atoms with van der Waals surface area (Å²) in [6.45, 7) is 6.79. The summed E-state index contributed by atoms with van der Waals surface area (Å²) in [5.41, 5.74) is 2.55. The van der Waals surface area contributed by atoms with Gasteiger partial charge in [-0.05, 0) is 25.5 Å². The predicted molar refractivity (Wildman–Crippen MR) is 68.3 cm³/mol. The maximum absolute atomic E-state index is 5.43. The van der Waals surface area contributed by atoms with E-state index in [2.05, 4.69) is 34.5 Å². The number of ether oxygens (including phenoxy) is 1. The van der Waals surface area contributed by atoms with Crippen LogP contribution in [0.15, 0.2) is 24.3 Å². The third-order valence-electron chi connectivity index (χ3n) is 2.87. The third-order valence-corrected chi connectivity index (χ3v) is 2.87. The smallest absolute Gasteiger partial charge is 0.0641 e. The summed E-state index contributed by atoms with van der Waals surface area (Å²) in [4.78, 5) is 2.41. The van der Waals surface area contributed by atoms with Gasteiger partial charge in [-0.3, -0.25) is 0 Å². The first-order valence-corrected chi connectivity index (χ1v) is 6.07. The normalized spacial score (nSPS) is 15.2. The van der Waals surface area contributed by atoms with Crippen molar-refractivity contribution in [3.8, 4) is 0 Å². The van der Waals surface area contributed by atoms with Gasteiger partial charge in [0.2, 0.25) is 0 Å². The lowest BCUT2D eigenvalue weighted by molar-refractivity contribution is 0.154. The second kappa shape index (κ2) is 5.75. The maximum atomic E-state index is 5.43. The molecule has 3 heteroatoms. The second-order valence-corrected chi connectivity index (χ2v) is 3.98. The van der Waals surface area contributed by atoms with Gasteiger partial charge in [0, 0.05) is 26.2 Å². The Balaban J connectivity index is 2.06. The first-order chi connectivity index (χ1) is 7.92. The van der Waals surface area contributed by atoms with E-state index < -0.39 is 0 Å². The molecule has 0 bridgehead atoms. The fourth-order valence-corrected chi connectivity index (χ4v) is 2.06. The standard InChI is InChI=1S/C13H20N2O/c1-2-16-11-10-15-9-5-8-14-12-6-3-4-7-13(12)15/h3-4,6-7,14H,2,5,8-11H2,1H3. The maximum Gasteiger partial charge on any atom is 0.0641 e. The van der Waals surface area contributed by atoms with Crippen LogP contribution in [-0.4, -0.2) is 32.8 Å². The van der Waals surface area contributed by atoms with Gasteiger partial charge in [0.1, 0.15) is 0 Å². The average molecular weight is 220 g/mol. The Morgan fingerprint density at radius 1 is 1.38 bits per heavy atom. The van der Waals surface area contributed by atoms with Crippen LogP contribution in [-0.2, 0) is 4.74 Å². The van der Waals surface area contributed by atoms with Crippen LogP contribution in [0, 0.1) is 0 Å². The molecule has 0 unspecified atom stereocenters. The van der Waals surface area contributed by atoms with Gasteiger partial charge in [0.25, 0.3) is 0 Å². The Hall–Kier alpha value is -1.22. The van der Waals surface area contributed by atoms with Crippen molar-refractivity contribution in [3.63, 3.8) is 0 Å². The zero-order chi connectivity index (χ0) is 11.2. The van der Waals surface area contributed by atoms with Crippen LogP contribution in [0.2, 0.25) is 0 Å². The van der Waals surface area contributed by atoms with Crippen LogP contribution in [0.25, 0.3) is 0 Å². The highest BCUT2D eigenvalue weighted by Gasteiger charge is 2.13. The van der Waals surface area contributed by atoms with E-state index in [1.54, 1.807) is 0 Å². The Morgan fingerprint density at radius 3 is 3.12 bits per heavy atom. The first kappa shape index (κ1) is 11.3. The molecule has 0 aromatic heterocycles. The number of hydrogen-bond acceptors (Lipinski definition) is 3. The van der Waals surface area contributed by atoms with Gasteiger partial charge in [0.05, 0.1) is 18.0 Å². The Morgan fingerprint density at radius 2 is 2.25 bits per heavy atom. The molecule has 0 saturated heterocycles. The highest BCUT2D eigenvalue weighted by molar-refractivity contribution is 5.70. The van der Waals surface area contributed by atoms with E-state index in [9.17, 15) is 0 Å². The lowest BCUT2D eigenvalue weighted by atomic mass is 10.2. The molecule has 0 radical (unpaired) electrons. The van der Waals surface area contributed by atoms with Crippen LogP contribution in [0.4, 0.5) is 11.4 Å². The van der Waals surface area contributed by atoms with Gasteiger partial charge in [-0.1, -0.05) is 12.1 Å². The molecular weight excluding hydrogens is 200 g/mol. The molecule has 1 aromatic carbocycles. The van der Waals surface area contributed by atoms with Crippen molar-refractivity contribution in [2.45, 2.75) is 13.3 Å². The van der Waals surface area contributed by atoms with Crippen molar-refractivity contribution in [3.05, 3.63) is 24.3 Å². The lowest BCUT2D eigenvalue weighted by Crippen LogP contribution is -2.28. The minimum Gasteiger partial charge on any atom is -0.383 e. The molecular formula is C13H20N2O. The first-order valence-electron chi connectivity index (χ1n) is 6.07. The summed E-state index contributed by atoms with van der Waals surface area (Å²) in [5.74, 6) is 0. The summed E-state index contributed by atoms with van der Waals surface area (Å²) in [6, 6.07) is 8.51. The minimum atomic E-state index is 0.799. The van der Waals surface area contributed by atoms with Crippen molar-refractivity contribution >= 4 is 11.4 Å². The van der Waals surface area contributed by atoms with Crippen molar-refractivity contribution in [2.24, 2.45) is 0 Å². The Bertz CT molecular complexity index is 327. The van der Waals surface area contributed by atoms with Crippen LogP contribution >= 0.6 is 0 Å². The second-order valence-electron chi connectivity index (χ2n) is 3.98. The van der Waals surface area contributed by atoms with Crippen molar-refractivity contribution < 1.29 is 4.74 Å². The van der Waals surface area contributed by atoms with E-state index in [1.165, 1.54) is 17.8 Å². The summed E-state index contributed by atoms with van der Waals surface area (Å²) >= 11 is 0. The lowest BCUT2D eigenvalue weighted by Gasteiger charge is -2.24. The summed E-state index contributed by atoms with van der Waals surface area (Å²) in [7, 11) is 0. The number of anilines is 2. The summed E-state index contributed by atoms with van der Waals surface area (Å²) < 4.78 is 5.43. The van der Waals surface area contributed by atoms with E-state index in [0.717, 1.165) is 32.8 Å². The van der Waals surface area contributed by atoms with Gasteiger partial charge in [-0.25, -0.2) is 0 Å². The van der Waals surface area contributed by atoms with E-state index in [-0.39, 0.29) is 0 Å². The molecule has 88 valence electrons. The molecule has 1 aromatic rings. The van der Waals surface area contributed by atoms with Gasteiger partial charge < -0.3 is 15.0 Å². The Kier molecular flexibility index (Phi) is 4.05. The zero-order valence-electron chi connectivity index (χ0n) is 9.91. The molecule has 2 rings (SSSR count). The molecule has 1 heterocycles. The zero-order valence-corrected chi connectivity index (χ0v) is 9.91. The topological polar surface area (TPSA) is 24.5 Å². The number of benzene rings is 1. The van der Waals surface area contributed by atoms with Crippen molar-refractivity contribution in [1.82, 2.24) is 0 Å². The summed E-state index contributed by atoms with van der Waals surface area (Å²) in [5, 5.41) is 3.46.